The third kappa shape index (κ3) is 2.96. The molecule has 0 aliphatic rings. The molecule has 0 saturated heterocycles. The van der Waals surface area contributed by atoms with Gasteiger partial charge in [-0.15, -0.1) is 0 Å². The van der Waals surface area contributed by atoms with E-state index >= 15 is 0 Å². The zero-order chi connectivity index (χ0) is 23.7. The molecule has 5 aromatic carbocycles. The van der Waals surface area contributed by atoms with Gasteiger partial charge in [0.15, 0.2) is 0 Å². The Labute approximate surface area is 203 Å². The average Bonchev–Trinajstić information content (AvgIpc) is 3.42. The summed E-state index contributed by atoms with van der Waals surface area (Å²) in [4.78, 5) is 0. The first-order valence-electron chi connectivity index (χ1n) is 12.0. The Bertz CT molecular complexity index is 1790. The molecule has 35 heavy (non-hydrogen) atoms. The smallest absolute Gasteiger partial charge is 0.143 e. The lowest BCUT2D eigenvalue weighted by Gasteiger charge is -2.13. The van der Waals surface area contributed by atoms with E-state index in [1.165, 1.54) is 27.8 Å². The molecule has 168 valence electrons. The summed E-state index contributed by atoms with van der Waals surface area (Å²) in [5, 5.41) is 4.64. The maximum atomic E-state index is 6.40. The summed E-state index contributed by atoms with van der Waals surface area (Å²) in [5.74, 6) is 0. The van der Waals surface area contributed by atoms with Crippen LogP contribution in [0.2, 0.25) is 0 Å². The van der Waals surface area contributed by atoms with E-state index < -0.39 is 0 Å². The van der Waals surface area contributed by atoms with Crippen LogP contribution in [-0.4, -0.2) is 0 Å². The van der Waals surface area contributed by atoms with Crippen molar-refractivity contribution >= 4 is 43.9 Å². The predicted octanol–water partition coefficient (Wildman–Crippen LogP) is 9.74. The summed E-state index contributed by atoms with van der Waals surface area (Å²) < 4.78 is 12.8. The topological polar surface area (TPSA) is 26.3 Å². The normalized spacial score (nSPS) is 11.9. The van der Waals surface area contributed by atoms with Crippen LogP contribution in [0.1, 0.15) is 16.7 Å². The number of furan rings is 2. The molecule has 0 N–H and O–H groups in total. The number of para-hydroxylation sites is 2. The Morgan fingerprint density at radius 3 is 1.34 bits per heavy atom. The largest absolute Gasteiger partial charge is 0.455 e. The number of rotatable bonds is 2. The van der Waals surface area contributed by atoms with Crippen LogP contribution in [0.15, 0.2) is 99.8 Å². The van der Waals surface area contributed by atoms with Gasteiger partial charge in [0.1, 0.15) is 22.3 Å². The van der Waals surface area contributed by atoms with E-state index in [-0.39, 0.29) is 0 Å². The summed E-state index contributed by atoms with van der Waals surface area (Å²) in [6, 6.07) is 32.2. The molecule has 0 aliphatic carbocycles. The van der Waals surface area contributed by atoms with Crippen molar-refractivity contribution in [1.82, 2.24) is 0 Å². The fraction of sp³-hybridized carbons (Fsp3) is 0.0909. The van der Waals surface area contributed by atoms with Gasteiger partial charge in [-0.1, -0.05) is 77.9 Å². The molecule has 2 heteroatoms. The van der Waals surface area contributed by atoms with Gasteiger partial charge in [0.25, 0.3) is 0 Å². The van der Waals surface area contributed by atoms with Gasteiger partial charge in [-0.2, -0.15) is 0 Å². The number of benzene rings is 5. The molecule has 0 saturated carbocycles. The number of fused-ring (bicyclic) bond motifs is 6. The Balaban J connectivity index is 1.48. The quantitative estimate of drug-likeness (QED) is 0.261. The molecule has 0 atom stereocenters. The highest BCUT2D eigenvalue weighted by Crippen LogP contribution is 2.42. The van der Waals surface area contributed by atoms with Crippen molar-refractivity contribution in [3.05, 3.63) is 108 Å². The lowest BCUT2D eigenvalue weighted by molar-refractivity contribution is 0.669. The highest BCUT2D eigenvalue weighted by Gasteiger charge is 2.18. The Morgan fingerprint density at radius 1 is 0.429 bits per heavy atom. The van der Waals surface area contributed by atoms with Crippen LogP contribution in [0, 0.1) is 20.8 Å². The van der Waals surface area contributed by atoms with Crippen LogP contribution in [0.3, 0.4) is 0 Å². The number of hydrogen-bond donors (Lipinski definition) is 0. The molecule has 0 fully saturated rings. The van der Waals surface area contributed by atoms with E-state index in [1.807, 2.05) is 0 Å². The van der Waals surface area contributed by atoms with Crippen molar-refractivity contribution in [3.8, 4) is 22.3 Å². The second-order valence-electron chi connectivity index (χ2n) is 9.55. The van der Waals surface area contributed by atoms with Crippen LogP contribution >= 0.6 is 0 Å². The monoisotopic (exact) mass is 452 g/mol. The van der Waals surface area contributed by atoms with Gasteiger partial charge in [-0.05, 0) is 61.7 Å². The lowest BCUT2D eigenvalue weighted by atomic mass is 9.91. The summed E-state index contributed by atoms with van der Waals surface area (Å²) in [6.45, 7) is 6.44. The highest BCUT2D eigenvalue weighted by molar-refractivity contribution is 6.12. The van der Waals surface area contributed by atoms with Gasteiger partial charge in [-0.25, -0.2) is 0 Å². The Morgan fingerprint density at radius 2 is 0.857 bits per heavy atom. The fourth-order valence-electron chi connectivity index (χ4n) is 5.47. The molecule has 2 aromatic heterocycles. The van der Waals surface area contributed by atoms with Crippen molar-refractivity contribution in [2.45, 2.75) is 20.8 Å². The van der Waals surface area contributed by atoms with E-state index in [0.29, 0.717) is 0 Å². The van der Waals surface area contributed by atoms with Gasteiger partial charge in [0, 0.05) is 32.7 Å². The third-order valence-corrected chi connectivity index (χ3v) is 7.22. The molecule has 0 aliphatic heterocycles. The molecule has 2 heterocycles. The number of hydrogen-bond acceptors (Lipinski definition) is 2. The molecule has 7 rings (SSSR count). The van der Waals surface area contributed by atoms with Crippen molar-refractivity contribution in [3.63, 3.8) is 0 Å². The van der Waals surface area contributed by atoms with Crippen LogP contribution in [0.5, 0.6) is 0 Å². The van der Waals surface area contributed by atoms with Crippen LogP contribution in [0.25, 0.3) is 66.1 Å². The summed E-state index contributed by atoms with van der Waals surface area (Å²) >= 11 is 0. The molecular formula is C33H24O2. The van der Waals surface area contributed by atoms with Gasteiger partial charge < -0.3 is 8.83 Å². The second-order valence-corrected chi connectivity index (χ2v) is 9.55. The Kier molecular flexibility index (Phi) is 4.22. The minimum atomic E-state index is 0.925. The van der Waals surface area contributed by atoms with Crippen LogP contribution in [0.4, 0.5) is 0 Å². The molecule has 7 aromatic rings. The van der Waals surface area contributed by atoms with Crippen LogP contribution < -0.4 is 0 Å². The van der Waals surface area contributed by atoms with E-state index in [0.717, 1.165) is 55.0 Å². The zero-order valence-electron chi connectivity index (χ0n) is 20.0. The van der Waals surface area contributed by atoms with Gasteiger partial charge in [0.2, 0.25) is 0 Å². The summed E-state index contributed by atoms with van der Waals surface area (Å²) in [6.07, 6.45) is 0. The highest BCUT2D eigenvalue weighted by atomic mass is 16.3. The first kappa shape index (κ1) is 20.1. The molecule has 0 amide bonds. The zero-order valence-corrected chi connectivity index (χ0v) is 20.0. The van der Waals surface area contributed by atoms with Gasteiger partial charge in [0.05, 0.1) is 0 Å². The molecule has 0 spiro atoms. The molecule has 0 unspecified atom stereocenters. The van der Waals surface area contributed by atoms with Gasteiger partial charge in [-0.3, -0.25) is 0 Å². The molecule has 0 bridgehead atoms. The van der Waals surface area contributed by atoms with Gasteiger partial charge >= 0.3 is 0 Å². The first-order valence-corrected chi connectivity index (χ1v) is 12.0. The summed E-state index contributed by atoms with van der Waals surface area (Å²) in [7, 11) is 0. The minimum absolute atomic E-state index is 0.925. The van der Waals surface area contributed by atoms with Crippen molar-refractivity contribution < 1.29 is 8.83 Å². The fourth-order valence-corrected chi connectivity index (χ4v) is 5.47. The van der Waals surface area contributed by atoms with Crippen molar-refractivity contribution in [2.75, 3.05) is 0 Å². The van der Waals surface area contributed by atoms with Crippen LogP contribution in [-0.2, 0) is 0 Å². The molecular weight excluding hydrogens is 428 g/mol. The third-order valence-electron chi connectivity index (χ3n) is 7.22. The van der Waals surface area contributed by atoms with E-state index in [4.69, 9.17) is 8.83 Å². The molecule has 0 radical (unpaired) electrons. The average molecular weight is 453 g/mol. The lowest BCUT2D eigenvalue weighted by Crippen LogP contribution is -1.89. The van der Waals surface area contributed by atoms with Crippen molar-refractivity contribution in [2.24, 2.45) is 0 Å². The maximum absolute atomic E-state index is 6.40. The number of aryl methyl sites for hydroxylation is 2. The second kappa shape index (κ2) is 7.35. The summed E-state index contributed by atoms with van der Waals surface area (Å²) in [5.41, 5.74) is 12.0. The molecule has 2 nitrogen and oxygen atoms in total. The minimum Gasteiger partial charge on any atom is -0.455 e. The Hall–Kier alpha value is -4.30. The van der Waals surface area contributed by atoms with E-state index in [2.05, 4.69) is 112 Å². The standard InChI is InChI=1S/C33H24O2/c1-19-13-15-30-28(17-19)26-11-5-9-24(32(26)34-30)22-7-4-8-23(21(22)3)25-10-6-12-27-29-18-20(2)14-16-31(29)35-33(25)27/h4-18H,1-3H3. The predicted molar refractivity (Wildman–Crippen MR) is 146 cm³/mol. The van der Waals surface area contributed by atoms with E-state index in [9.17, 15) is 0 Å². The first-order chi connectivity index (χ1) is 17.1. The van der Waals surface area contributed by atoms with Crippen molar-refractivity contribution in [1.29, 1.82) is 0 Å². The van der Waals surface area contributed by atoms with E-state index in [1.54, 1.807) is 0 Å². The maximum Gasteiger partial charge on any atom is 0.143 e. The SMILES string of the molecule is Cc1ccc2oc3c(-c4cccc(-c5cccc6c5oc5ccc(C)cc56)c4C)cccc3c2c1.